The van der Waals surface area contributed by atoms with E-state index in [0.29, 0.717) is 0 Å². The zero-order valence-electron chi connectivity index (χ0n) is 14.7. The normalized spacial score (nSPS) is 16.9. The molecular weight excluding hydrogens is 326 g/mol. The number of ether oxygens (including phenoxy) is 1. The first kappa shape index (κ1) is 21.1. The van der Waals surface area contributed by atoms with Gasteiger partial charge in [-0.1, -0.05) is 42.5 Å². The third-order valence-corrected chi connectivity index (χ3v) is 3.28. The quantitative estimate of drug-likeness (QED) is 0.491. The van der Waals surface area contributed by atoms with Crippen molar-refractivity contribution in [2.45, 2.75) is 50.7 Å². The molecule has 7 nitrogen and oxygen atoms in total. The molecule has 0 radical (unpaired) electrons. The second-order valence-electron chi connectivity index (χ2n) is 6.67. The molecule has 0 heterocycles. The molecule has 3 unspecified atom stereocenters. The van der Waals surface area contributed by atoms with Crippen molar-refractivity contribution in [2.24, 2.45) is 0 Å². The maximum atomic E-state index is 12.0. The molecule has 140 valence electrons. The summed E-state index contributed by atoms with van der Waals surface area (Å²) < 4.78 is 5.15. The Balaban J connectivity index is 2.93. The summed E-state index contributed by atoms with van der Waals surface area (Å²) in [5.41, 5.74) is 0.0919. The van der Waals surface area contributed by atoms with Gasteiger partial charge in [0.25, 0.3) is 0 Å². The molecule has 0 saturated carbocycles. The highest BCUT2D eigenvalue weighted by Crippen LogP contribution is 2.12. The lowest BCUT2D eigenvalue weighted by Crippen LogP contribution is -2.52. The van der Waals surface area contributed by atoms with Gasteiger partial charge in [0.15, 0.2) is 0 Å². The SMILES string of the molecule is CC(C)(C)OC(=O)N[C@H](/C=C/c1ccccc1)C(O)C(O)C(O)CO. The van der Waals surface area contributed by atoms with Gasteiger partial charge in [-0.3, -0.25) is 0 Å². The fourth-order valence-corrected chi connectivity index (χ4v) is 2.02. The molecule has 1 aromatic rings. The average molecular weight is 353 g/mol. The van der Waals surface area contributed by atoms with Crippen LogP contribution in [0.4, 0.5) is 4.79 Å². The highest BCUT2D eigenvalue weighted by atomic mass is 16.6. The minimum absolute atomic E-state index is 0.722. The number of hydrogen-bond acceptors (Lipinski definition) is 6. The smallest absolute Gasteiger partial charge is 0.408 e. The van der Waals surface area contributed by atoms with Crippen LogP contribution in [-0.2, 0) is 4.74 Å². The molecule has 1 amide bonds. The molecule has 1 rings (SSSR count). The Morgan fingerprint density at radius 2 is 1.76 bits per heavy atom. The minimum atomic E-state index is -1.65. The van der Waals surface area contributed by atoms with Crippen LogP contribution >= 0.6 is 0 Å². The number of aliphatic hydroxyl groups excluding tert-OH is 4. The maximum absolute atomic E-state index is 12.0. The van der Waals surface area contributed by atoms with Gasteiger partial charge in [0.2, 0.25) is 0 Å². The summed E-state index contributed by atoms with van der Waals surface area (Å²) in [5, 5.41) is 41.1. The topological polar surface area (TPSA) is 119 Å². The van der Waals surface area contributed by atoms with Gasteiger partial charge in [0.1, 0.15) is 23.9 Å². The van der Waals surface area contributed by atoms with Crippen molar-refractivity contribution in [2.75, 3.05) is 6.61 Å². The zero-order chi connectivity index (χ0) is 19.0. The number of amides is 1. The van der Waals surface area contributed by atoms with E-state index in [1.165, 1.54) is 6.08 Å². The van der Waals surface area contributed by atoms with E-state index in [0.717, 1.165) is 5.56 Å². The van der Waals surface area contributed by atoms with E-state index in [9.17, 15) is 20.1 Å². The standard InChI is InChI=1S/C18H27NO6/c1-18(2,3)25-17(24)19-13(15(22)16(23)14(21)11-20)10-9-12-7-5-4-6-8-12/h4-10,13-16,20-23H,11H2,1-3H3,(H,19,24)/b10-9+/t13-,14?,15?,16?/m1/s1. The number of hydrogen-bond donors (Lipinski definition) is 5. The van der Waals surface area contributed by atoms with E-state index in [1.807, 2.05) is 30.3 Å². The number of benzene rings is 1. The van der Waals surface area contributed by atoms with Gasteiger partial charge >= 0.3 is 6.09 Å². The van der Waals surface area contributed by atoms with E-state index in [2.05, 4.69) is 5.32 Å². The summed E-state index contributed by atoms with van der Waals surface area (Å²) in [6.07, 6.45) is -2.37. The molecule has 0 saturated heterocycles. The molecule has 0 aromatic heterocycles. The fourth-order valence-electron chi connectivity index (χ4n) is 2.02. The summed E-state index contributed by atoms with van der Waals surface area (Å²) in [7, 11) is 0. The van der Waals surface area contributed by atoms with Crippen molar-refractivity contribution in [1.29, 1.82) is 0 Å². The Morgan fingerprint density at radius 3 is 2.28 bits per heavy atom. The average Bonchev–Trinajstić information content (AvgIpc) is 2.55. The van der Waals surface area contributed by atoms with E-state index in [4.69, 9.17) is 9.84 Å². The third kappa shape index (κ3) is 7.66. The highest BCUT2D eigenvalue weighted by molar-refractivity contribution is 5.69. The summed E-state index contributed by atoms with van der Waals surface area (Å²) in [4.78, 5) is 12.0. The number of carbonyl (C=O) groups is 1. The number of rotatable bonds is 7. The Kier molecular flexibility index (Phi) is 8.05. The van der Waals surface area contributed by atoms with Gasteiger partial charge in [0.05, 0.1) is 12.6 Å². The predicted molar refractivity (Wildman–Crippen MR) is 93.7 cm³/mol. The Hall–Kier alpha value is -1.93. The monoisotopic (exact) mass is 353 g/mol. The van der Waals surface area contributed by atoms with Gasteiger partial charge in [-0.15, -0.1) is 0 Å². The molecule has 0 bridgehead atoms. The van der Waals surface area contributed by atoms with Gasteiger partial charge in [0, 0.05) is 0 Å². The van der Waals surface area contributed by atoms with Crippen molar-refractivity contribution >= 4 is 12.2 Å². The van der Waals surface area contributed by atoms with Crippen molar-refractivity contribution in [3.63, 3.8) is 0 Å². The molecule has 0 aliphatic carbocycles. The summed E-state index contributed by atoms with van der Waals surface area (Å²) >= 11 is 0. The molecule has 0 spiro atoms. The third-order valence-electron chi connectivity index (χ3n) is 3.28. The molecule has 7 heteroatoms. The van der Waals surface area contributed by atoms with E-state index < -0.39 is 42.7 Å². The fraction of sp³-hybridized carbons (Fsp3) is 0.500. The first-order valence-electron chi connectivity index (χ1n) is 8.02. The number of nitrogens with one attached hydrogen (secondary N) is 1. The van der Waals surface area contributed by atoms with Crippen LogP contribution < -0.4 is 5.32 Å². The van der Waals surface area contributed by atoms with Crippen molar-refractivity contribution < 1.29 is 30.0 Å². The molecule has 4 atom stereocenters. The van der Waals surface area contributed by atoms with Crippen LogP contribution in [0.15, 0.2) is 36.4 Å². The summed E-state index contributed by atoms with van der Waals surface area (Å²) in [5.74, 6) is 0. The summed E-state index contributed by atoms with van der Waals surface area (Å²) in [6.45, 7) is 4.37. The van der Waals surface area contributed by atoms with Crippen LogP contribution in [0, 0.1) is 0 Å². The van der Waals surface area contributed by atoms with Gasteiger partial charge in [-0.25, -0.2) is 4.79 Å². The van der Waals surface area contributed by atoms with E-state index in [-0.39, 0.29) is 0 Å². The molecule has 0 aliphatic heterocycles. The zero-order valence-corrected chi connectivity index (χ0v) is 14.7. The van der Waals surface area contributed by atoms with Gasteiger partial charge < -0.3 is 30.5 Å². The Morgan fingerprint density at radius 1 is 1.16 bits per heavy atom. The van der Waals surface area contributed by atoms with Crippen LogP contribution in [0.25, 0.3) is 6.08 Å². The van der Waals surface area contributed by atoms with Crippen LogP contribution in [0.2, 0.25) is 0 Å². The van der Waals surface area contributed by atoms with Crippen molar-refractivity contribution in [3.8, 4) is 0 Å². The Labute approximate surface area is 147 Å². The minimum Gasteiger partial charge on any atom is -0.444 e. The molecular formula is C18H27NO6. The van der Waals surface area contributed by atoms with Gasteiger partial charge in [-0.05, 0) is 26.3 Å². The van der Waals surface area contributed by atoms with Crippen LogP contribution in [0.5, 0.6) is 0 Å². The lowest BCUT2D eigenvalue weighted by molar-refractivity contribution is -0.0823. The molecule has 5 N–H and O–H groups in total. The molecule has 25 heavy (non-hydrogen) atoms. The highest BCUT2D eigenvalue weighted by Gasteiger charge is 2.31. The van der Waals surface area contributed by atoms with Crippen LogP contribution in [0.3, 0.4) is 0 Å². The first-order valence-corrected chi connectivity index (χ1v) is 8.02. The lowest BCUT2D eigenvalue weighted by Gasteiger charge is -2.29. The van der Waals surface area contributed by atoms with Gasteiger partial charge in [-0.2, -0.15) is 0 Å². The van der Waals surface area contributed by atoms with Crippen molar-refractivity contribution in [1.82, 2.24) is 5.32 Å². The number of carbonyl (C=O) groups excluding carboxylic acids is 1. The predicted octanol–water partition coefficient (Wildman–Crippen LogP) is 0.668. The first-order chi connectivity index (χ1) is 11.6. The number of aliphatic hydroxyl groups is 4. The Bertz CT molecular complexity index is 554. The van der Waals surface area contributed by atoms with Crippen LogP contribution in [-0.4, -0.2) is 63.1 Å². The largest absolute Gasteiger partial charge is 0.444 e. The van der Waals surface area contributed by atoms with E-state index in [1.54, 1.807) is 26.8 Å². The second-order valence-corrected chi connectivity index (χ2v) is 6.67. The second kappa shape index (κ2) is 9.53. The summed E-state index contributed by atoms with van der Waals surface area (Å²) in [6, 6.07) is 8.13. The lowest BCUT2D eigenvalue weighted by atomic mass is 10.00. The molecule has 0 fully saturated rings. The maximum Gasteiger partial charge on any atom is 0.408 e. The number of alkyl carbamates (subject to hydrolysis) is 1. The molecule has 1 aromatic carbocycles. The van der Waals surface area contributed by atoms with Crippen molar-refractivity contribution in [3.05, 3.63) is 42.0 Å². The molecule has 0 aliphatic rings. The van der Waals surface area contributed by atoms with Crippen LogP contribution in [0.1, 0.15) is 26.3 Å². The van der Waals surface area contributed by atoms with E-state index >= 15 is 0 Å².